The SMILES string of the molecule is CC(C)(C)OC(=O)N1CC2CC1CN2c1ccc(C#N)cc1. The van der Waals surface area contributed by atoms with Gasteiger partial charge in [0.05, 0.1) is 17.7 Å². The van der Waals surface area contributed by atoms with Crippen molar-refractivity contribution in [2.24, 2.45) is 0 Å². The van der Waals surface area contributed by atoms with E-state index in [1.807, 2.05) is 49.9 Å². The summed E-state index contributed by atoms with van der Waals surface area (Å²) in [6.45, 7) is 7.21. The van der Waals surface area contributed by atoms with Gasteiger partial charge in [-0.15, -0.1) is 0 Å². The molecule has 2 atom stereocenters. The highest BCUT2D eigenvalue weighted by atomic mass is 16.6. The second-order valence-corrected chi connectivity index (χ2v) is 6.99. The molecule has 0 N–H and O–H groups in total. The lowest BCUT2D eigenvalue weighted by Crippen LogP contribution is -2.50. The average Bonchev–Trinajstić information content (AvgIpc) is 3.05. The molecule has 1 aromatic rings. The molecule has 2 heterocycles. The highest BCUT2D eigenvalue weighted by molar-refractivity contribution is 5.70. The normalized spacial score (nSPS) is 23.5. The number of carbonyl (C=O) groups is 1. The predicted octanol–water partition coefficient (Wildman–Crippen LogP) is 2.76. The third kappa shape index (κ3) is 2.74. The number of nitrogens with zero attached hydrogens (tertiary/aromatic N) is 3. The van der Waals surface area contributed by atoms with Gasteiger partial charge in [0.25, 0.3) is 0 Å². The van der Waals surface area contributed by atoms with Crippen molar-refractivity contribution in [3.05, 3.63) is 29.8 Å². The van der Waals surface area contributed by atoms with Crippen molar-refractivity contribution in [3.8, 4) is 6.07 Å². The zero-order chi connectivity index (χ0) is 15.9. The fraction of sp³-hybridized carbons (Fsp3) is 0.529. The summed E-state index contributed by atoms with van der Waals surface area (Å²) in [5.41, 5.74) is 1.34. The Kier molecular flexibility index (Phi) is 3.48. The molecule has 1 aromatic carbocycles. The van der Waals surface area contributed by atoms with Gasteiger partial charge in [0, 0.05) is 24.8 Å². The number of benzene rings is 1. The maximum atomic E-state index is 12.2. The number of hydrogen-bond acceptors (Lipinski definition) is 4. The maximum Gasteiger partial charge on any atom is 0.410 e. The van der Waals surface area contributed by atoms with Gasteiger partial charge in [0.2, 0.25) is 0 Å². The summed E-state index contributed by atoms with van der Waals surface area (Å²) >= 11 is 0. The van der Waals surface area contributed by atoms with E-state index < -0.39 is 5.60 Å². The van der Waals surface area contributed by atoms with Crippen molar-refractivity contribution in [2.75, 3.05) is 18.0 Å². The number of fused-ring (bicyclic) bond motifs is 2. The Labute approximate surface area is 131 Å². The molecule has 5 nitrogen and oxygen atoms in total. The fourth-order valence-corrected chi connectivity index (χ4v) is 3.25. The molecule has 2 aliphatic rings. The van der Waals surface area contributed by atoms with E-state index in [4.69, 9.17) is 10.00 Å². The van der Waals surface area contributed by atoms with E-state index in [9.17, 15) is 4.79 Å². The van der Waals surface area contributed by atoms with Crippen molar-refractivity contribution in [1.29, 1.82) is 5.26 Å². The van der Waals surface area contributed by atoms with Crippen LogP contribution in [-0.4, -0.2) is 41.8 Å². The highest BCUT2D eigenvalue weighted by Gasteiger charge is 2.46. The van der Waals surface area contributed by atoms with Crippen molar-refractivity contribution in [3.63, 3.8) is 0 Å². The van der Waals surface area contributed by atoms with Crippen molar-refractivity contribution < 1.29 is 9.53 Å². The van der Waals surface area contributed by atoms with Gasteiger partial charge in [0.15, 0.2) is 0 Å². The van der Waals surface area contributed by atoms with Crippen molar-refractivity contribution in [2.45, 2.75) is 44.9 Å². The van der Waals surface area contributed by atoms with Gasteiger partial charge in [-0.3, -0.25) is 0 Å². The van der Waals surface area contributed by atoms with Crippen LogP contribution in [0, 0.1) is 11.3 Å². The second kappa shape index (κ2) is 5.20. The smallest absolute Gasteiger partial charge is 0.410 e. The molecule has 0 saturated carbocycles. The summed E-state index contributed by atoms with van der Waals surface area (Å²) in [7, 11) is 0. The van der Waals surface area contributed by atoms with Crippen LogP contribution in [0.4, 0.5) is 10.5 Å². The zero-order valence-corrected chi connectivity index (χ0v) is 13.2. The molecule has 2 aliphatic heterocycles. The van der Waals surface area contributed by atoms with Gasteiger partial charge in [-0.25, -0.2) is 4.79 Å². The third-order valence-corrected chi connectivity index (χ3v) is 4.20. The van der Waals surface area contributed by atoms with Crippen LogP contribution in [0.25, 0.3) is 0 Å². The van der Waals surface area contributed by atoms with E-state index >= 15 is 0 Å². The Balaban J connectivity index is 1.66. The fourth-order valence-electron chi connectivity index (χ4n) is 3.25. The summed E-state index contributed by atoms with van der Waals surface area (Å²) in [6.07, 6.45) is 0.777. The van der Waals surface area contributed by atoms with Gasteiger partial charge >= 0.3 is 6.09 Å². The average molecular weight is 299 g/mol. The minimum Gasteiger partial charge on any atom is -0.444 e. The van der Waals surface area contributed by atoms with E-state index in [1.165, 1.54) is 0 Å². The molecule has 5 heteroatoms. The van der Waals surface area contributed by atoms with Crippen LogP contribution in [0.1, 0.15) is 32.8 Å². The van der Waals surface area contributed by atoms with E-state index in [1.54, 1.807) is 0 Å². The molecule has 22 heavy (non-hydrogen) atoms. The number of nitriles is 1. The predicted molar refractivity (Wildman–Crippen MR) is 83.6 cm³/mol. The lowest BCUT2D eigenvalue weighted by Gasteiger charge is -2.36. The minimum atomic E-state index is -0.453. The molecule has 0 spiro atoms. The first-order valence-electron chi connectivity index (χ1n) is 7.64. The van der Waals surface area contributed by atoms with Gasteiger partial charge in [0.1, 0.15) is 5.60 Å². The molecule has 0 radical (unpaired) electrons. The first-order valence-corrected chi connectivity index (χ1v) is 7.64. The molecule has 116 valence electrons. The van der Waals surface area contributed by atoms with Crippen LogP contribution < -0.4 is 4.90 Å². The molecule has 0 aromatic heterocycles. The van der Waals surface area contributed by atoms with E-state index in [0.717, 1.165) is 18.7 Å². The van der Waals surface area contributed by atoms with Crippen LogP contribution in [-0.2, 0) is 4.74 Å². The van der Waals surface area contributed by atoms with Gasteiger partial charge in [-0.2, -0.15) is 5.26 Å². The molecule has 3 rings (SSSR count). The molecular formula is C17H21N3O2. The number of amides is 1. The Bertz CT molecular complexity index is 612. The van der Waals surface area contributed by atoms with Crippen LogP contribution in [0.5, 0.6) is 0 Å². The maximum absolute atomic E-state index is 12.2. The topological polar surface area (TPSA) is 56.6 Å². The van der Waals surface area contributed by atoms with Gasteiger partial charge in [-0.05, 0) is 51.5 Å². The largest absolute Gasteiger partial charge is 0.444 e. The number of carbonyl (C=O) groups excluding carboxylic acids is 1. The van der Waals surface area contributed by atoms with E-state index in [-0.39, 0.29) is 12.1 Å². The Hall–Kier alpha value is -2.22. The molecule has 0 aliphatic carbocycles. The van der Waals surface area contributed by atoms with Crippen molar-refractivity contribution in [1.82, 2.24) is 4.90 Å². The monoisotopic (exact) mass is 299 g/mol. The first kappa shape index (κ1) is 14.7. The van der Waals surface area contributed by atoms with Crippen LogP contribution in [0.15, 0.2) is 24.3 Å². The van der Waals surface area contributed by atoms with Crippen LogP contribution in [0.2, 0.25) is 0 Å². The third-order valence-electron chi connectivity index (χ3n) is 4.20. The molecular weight excluding hydrogens is 278 g/mol. The Morgan fingerprint density at radius 2 is 1.91 bits per heavy atom. The van der Waals surface area contributed by atoms with Gasteiger partial charge in [-0.1, -0.05) is 0 Å². The lowest BCUT2D eigenvalue weighted by molar-refractivity contribution is 0.0215. The zero-order valence-electron chi connectivity index (χ0n) is 13.2. The lowest BCUT2D eigenvalue weighted by atomic mass is 10.2. The molecule has 2 fully saturated rings. The van der Waals surface area contributed by atoms with Crippen molar-refractivity contribution >= 4 is 11.8 Å². The first-order chi connectivity index (χ1) is 10.4. The molecule has 2 saturated heterocycles. The summed E-state index contributed by atoms with van der Waals surface area (Å²) in [6, 6.07) is 10.3. The van der Waals surface area contributed by atoms with E-state index in [2.05, 4.69) is 11.0 Å². The summed E-state index contributed by atoms with van der Waals surface area (Å²) in [5, 5.41) is 8.87. The molecule has 1 amide bonds. The quantitative estimate of drug-likeness (QED) is 0.800. The standard InChI is InChI=1S/C17H21N3O2/c1-17(2,3)22-16(21)20-11-14-8-15(20)10-19(14)13-6-4-12(9-18)5-7-13/h4-7,14-15H,8,10-11H2,1-3H3. The number of ether oxygens (including phenoxy) is 1. The highest BCUT2D eigenvalue weighted by Crippen LogP contribution is 2.35. The van der Waals surface area contributed by atoms with Crippen LogP contribution in [0.3, 0.4) is 0 Å². The number of likely N-dealkylation sites (tertiary alicyclic amines) is 1. The molecule has 2 bridgehead atoms. The van der Waals surface area contributed by atoms with E-state index in [0.29, 0.717) is 18.2 Å². The van der Waals surface area contributed by atoms with Gasteiger partial charge < -0.3 is 14.5 Å². The molecule has 2 unspecified atom stereocenters. The minimum absolute atomic E-state index is 0.209. The second-order valence-electron chi connectivity index (χ2n) is 6.99. The number of hydrogen-bond donors (Lipinski definition) is 0. The Morgan fingerprint density at radius 3 is 2.41 bits per heavy atom. The Morgan fingerprint density at radius 1 is 1.23 bits per heavy atom. The van der Waals surface area contributed by atoms with Crippen LogP contribution >= 0.6 is 0 Å². The number of rotatable bonds is 1. The summed E-state index contributed by atoms with van der Waals surface area (Å²) < 4.78 is 5.48. The number of piperazine rings is 1. The summed E-state index contributed by atoms with van der Waals surface area (Å²) in [4.78, 5) is 16.4. The number of anilines is 1. The summed E-state index contributed by atoms with van der Waals surface area (Å²) in [5.74, 6) is 0.